The van der Waals surface area contributed by atoms with Crippen LogP contribution < -0.4 is 10.6 Å². The van der Waals surface area contributed by atoms with Crippen LogP contribution in [0.15, 0.2) is 11.2 Å². The number of amides is 2. The molecule has 1 atom stereocenters. The summed E-state index contributed by atoms with van der Waals surface area (Å²) >= 11 is 1.30. The lowest BCUT2D eigenvalue weighted by atomic mass is 10.2. The maximum Gasteiger partial charge on any atom is 0.321 e. The summed E-state index contributed by atoms with van der Waals surface area (Å²) in [5.74, 6) is 0.572. The molecule has 0 aliphatic heterocycles. The Morgan fingerprint density at radius 1 is 1.28 bits per heavy atom. The molecule has 154 valence electrons. The third kappa shape index (κ3) is 5.38. The molecule has 11 nitrogen and oxygen atoms in total. The Labute approximate surface area is 173 Å². The molecular formula is C16H21N9O2S2. The van der Waals surface area contributed by atoms with Gasteiger partial charge in [-0.05, 0) is 32.1 Å². The van der Waals surface area contributed by atoms with Gasteiger partial charge in [0, 0.05) is 24.9 Å². The van der Waals surface area contributed by atoms with Crippen molar-refractivity contribution in [3.05, 3.63) is 23.3 Å². The van der Waals surface area contributed by atoms with E-state index in [1.807, 2.05) is 20.8 Å². The molecule has 0 aromatic carbocycles. The van der Waals surface area contributed by atoms with Gasteiger partial charge in [-0.3, -0.25) is 9.53 Å². The molecule has 0 radical (unpaired) electrons. The zero-order valence-electron chi connectivity index (χ0n) is 16.5. The molecule has 2 N–H and O–H groups in total. The SMILES string of the molecule is CCn1nnc(CCNC(=O)Nc2nc(C)c(-c3cc(C)nc(S(C)=O)n3)s2)n1. The fourth-order valence-electron chi connectivity index (χ4n) is 2.41. The van der Waals surface area contributed by atoms with Gasteiger partial charge >= 0.3 is 6.03 Å². The normalized spacial score (nSPS) is 12.0. The zero-order valence-corrected chi connectivity index (χ0v) is 18.1. The third-order valence-electron chi connectivity index (χ3n) is 3.75. The molecule has 3 aromatic rings. The molecule has 1 unspecified atom stereocenters. The van der Waals surface area contributed by atoms with Crippen LogP contribution in [0.2, 0.25) is 0 Å². The van der Waals surface area contributed by atoms with Crippen LogP contribution in [0.3, 0.4) is 0 Å². The van der Waals surface area contributed by atoms with Crippen molar-refractivity contribution in [1.29, 1.82) is 0 Å². The number of nitrogens with one attached hydrogen (secondary N) is 2. The van der Waals surface area contributed by atoms with E-state index in [-0.39, 0.29) is 11.2 Å². The first-order valence-corrected chi connectivity index (χ1v) is 11.2. The van der Waals surface area contributed by atoms with Crippen LogP contribution in [-0.4, -0.2) is 58.2 Å². The van der Waals surface area contributed by atoms with Gasteiger partial charge < -0.3 is 5.32 Å². The highest BCUT2D eigenvalue weighted by Crippen LogP contribution is 2.32. The maximum atomic E-state index is 12.1. The number of anilines is 1. The van der Waals surface area contributed by atoms with E-state index in [2.05, 4.69) is 41.0 Å². The summed E-state index contributed by atoms with van der Waals surface area (Å²) in [6.07, 6.45) is 2.01. The van der Waals surface area contributed by atoms with Crippen molar-refractivity contribution in [3.8, 4) is 10.6 Å². The Bertz CT molecular complexity index is 1050. The van der Waals surface area contributed by atoms with E-state index >= 15 is 0 Å². The second-order valence-electron chi connectivity index (χ2n) is 6.09. The number of aryl methyl sites for hydroxylation is 3. The number of carbonyl (C=O) groups excluding carboxylic acids is 1. The molecule has 0 saturated heterocycles. The van der Waals surface area contributed by atoms with E-state index in [1.165, 1.54) is 22.4 Å². The lowest BCUT2D eigenvalue weighted by Gasteiger charge is -2.03. The van der Waals surface area contributed by atoms with E-state index < -0.39 is 10.8 Å². The van der Waals surface area contributed by atoms with Crippen molar-refractivity contribution in [2.75, 3.05) is 18.1 Å². The predicted molar refractivity (Wildman–Crippen MR) is 109 cm³/mol. The second-order valence-corrected chi connectivity index (χ2v) is 8.36. The number of nitrogens with zero attached hydrogens (tertiary/aromatic N) is 7. The summed E-state index contributed by atoms with van der Waals surface area (Å²) in [6.45, 7) is 6.59. The monoisotopic (exact) mass is 435 g/mol. The summed E-state index contributed by atoms with van der Waals surface area (Å²) < 4.78 is 11.7. The van der Waals surface area contributed by atoms with Crippen molar-refractivity contribution in [2.24, 2.45) is 0 Å². The van der Waals surface area contributed by atoms with E-state index in [0.717, 1.165) is 10.6 Å². The van der Waals surface area contributed by atoms with Crippen LogP contribution >= 0.6 is 11.3 Å². The molecular weight excluding hydrogens is 414 g/mol. The smallest absolute Gasteiger partial charge is 0.321 e. The van der Waals surface area contributed by atoms with E-state index in [9.17, 15) is 9.00 Å². The second kappa shape index (κ2) is 9.13. The molecule has 13 heteroatoms. The van der Waals surface area contributed by atoms with Crippen molar-refractivity contribution in [1.82, 2.24) is 40.5 Å². The first kappa shape index (κ1) is 20.9. The van der Waals surface area contributed by atoms with Gasteiger partial charge in [-0.2, -0.15) is 4.80 Å². The molecule has 0 bridgehead atoms. The van der Waals surface area contributed by atoms with E-state index in [4.69, 9.17) is 0 Å². The van der Waals surface area contributed by atoms with Crippen LogP contribution in [-0.2, 0) is 23.8 Å². The Kier molecular flexibility index (Phi) is 6.59. The van der Waals surface area contributed by atoms with Crippen LogP contribution in [0.25, 0.3) is 10.6 Å². The minimum Gasteiger partial charge on any atom is -0.337 e. The van der Waals surface area contributed by atoms with E-state index in [0.29, 0.717) is 41.9 Å². The molecule has 2 amide bonds. The van der Waals surface area contributed by atoms with Gasteiger partial charge in [0.25, 0.3) is 0 Å². The molecule has 29 heavy (non-hydrogen) atoms. The first-order chi connectivity index (χ1) is 13.9. The standard InChI is InChI=1S/C16H21N9O2S2/c1-5-25-23-12(22-24-25)6-7-17-14(26)21-15-19-10(3)13(28-15)11-8-9(2)18-16(20-11)29(4)27/h8H,5-7H2,1-4H3,(H2,17,19,21,26). The Hall–Kier alpha value is -2.80. The van der Waals surface area contributed by atoms with Gasteiger partial charge in [-0.1, -0.05) is 11.3 Å². The topological polar surface area (TPSA) is 140 Å². The van der Waals surface area contributed by atoms with Crippen LogP contribution in [0.1, 0.15) is 24.1 Å². The number of urea groups is 1. The molecule has 3 aromatic heterocycles. The number of thiazole rings is 1. The maximum absolute atomic E-state index is 12.1. The highest BCUT2D eigenvalue weighted by molar-refractivity contribution is 7.84. The lowest BCUT2D eigenvalue weighted by molar-refractivity contribution is 0.252. The summed E-state index contributed by atoms with van der Waals surface area (Å²) in [6, 6.07) is 1.43. The summed E-state index contributed by atoms with van der Waals surface area (Å²) in [4.78, 5) is 27.3. The number of carbonyl (C=O) groups is 1. The minimum atomic E-state index is -1.29. The molecule has 3 rings (SSSR count). The van der Waals surface area contributed by atoms with Gasteiger partial charge in [-0.15, -0.1) is 10.2 Å². The summed E-state index contributed by atoms with van der Waals surface area (Å²) in [7, 11) is -1.29. The van der Waals surface area contributed by atoms with Crippen molar-refractivity contribution < 1.29 is 9.00 Å². The molecule has 3 heterocycles. The fourth-order valence-corrected chi connectivity index (χ4v) is 3.83. The van der Waals surface area contributed by atoms with Crippen molar-refractivity contribution in [2.45, 2.75) is 38.9 Å². The summed E-state index contributed by atoms with van der Waals surface area (Å²) in [5.41, 5.74) is 2.07. The quantitative estimate of drug-likeness (QED) is 0.530. The number of hydrogen-bond donors (Lipinski definition) is 2. The Balaban J connectivity index is 1.62. The molecule has 0 aliphatic carbocycles. The highest BCUT2D eigenvalue weighted by atomic mass is 32.2. The largest absolute Gasteiger partial charge is 0.337 e. The van der Waals surface area contributed by atoms with Crippen LogP contribution in [0, 0.1) is 13.8 Å². The fraction of sp³-hybridized carbons (Fsp3) is 0.438. The summed E-state index contributed by atoms with van der Waals surface area (Å²) in [5, 5.41) is 18.1. The average Bonchev–Trinajstić information content (AvgIpc) is 3.27. The molecule has 0 spiro atoms. The van der Waals surface area contributed by atoms with Gasteiger partial charge in [0.15, 0.2) is 11.0 Å². The molecule has 0 saturated carbocycles. The van der Waals surface area contributed by atoms with Gasteiger partial charge in [0.2, 0.25) is 5.16 Å². The molecule has 0 fully saturated rings. The highest BCUT2D eigenvalue weighted by Gasteiger charge is 2.15. The Morgan fingerprint density at radius 3 is 2.76 bits per heavy atom. The van der Waals surface area contributed by atoms with Gasteiger partial charge in [-0.25, -0.2) is 19.7 Å². The van der Waals surface area contributed by atoms with Crippen molar-refractivity contribution in [3.63, 3.8) is 0 Å². The van der Waals surface area contributed by atoms with Crippen molar-refractivity contribution >= 4 is 33.3 Å². The minimum absolute atomic E-state index is 0.272. The van der Waals surface area contributed by atoms with E-state index in [1.54, 1.807) is 6.07 Å². The number of aromatic nitrogens is 7. The lowest BCUT2D eigenvalue weighted by Crippen LogP contribution is -2.30. The average molecular weight is 436 g/mol. The third-order valence-corrected chi connectivity index (χ3v) is 5.54. The van der Waals surface area contributed by atoms with Crippen LogP contribution in [0.4, 0.5) is 9.93 Å². The first-order valence-electron chi connectivity index (χ1n) is 8.84. The Morgan fingerprint density at radius 2 is 2.07 bits per heavy atom. The van der Waals surface area contributed by atoms with Crippen LogP contribution in [0.5, 0.6) is 0 Å². The number of tetrazole rings is 1. The zero-order chi connectivity index (χ0) is 21.0. The van der Waals surface area contributed by atoms with Gasteiger partial charge in [0.1, 0.15) is 0 Å². The predicted octanol–water partition coefficient (Wildman–Crippen LogP) is 1.32. The number of hydrogen-bond acceptors (Lipinski definition) is 9. The molecule has 0 aliphatic rings. The van der Waals surface area contributed by atoms with Gasteiger partial charge in [0.05, 0.1) is 33.6 Å². The number of rotatable bonds is 7.